The first-order chi connectivity index (χ1) is 9.52. The van der Waals surface area contributed by atoms with Crippen LogP contribution >= 0.6 is 46.3 Å². The van der Waals surface area contributed by atoms with E-state index in [0.29, 0.717) is 25.7 Å². The van der Waals surface area contributed by atoms with Crippen LogP contribution in [0.3, 0.4) is 0 Å². The Morgan fingerprint density at radius 2 is 2.10 bits per heavy atom. The van der Waals surface area contributed by atoms with Crippen molar-refractivity contribution in [1.82, 2.24) is 0 Å². The number of nitrogens with zero attached hydrogens (tertiary/aromatic N) is 1. The van der Waals surface area contributed by atoms with E-state index < -0.39 is 0 Å². The van der Waals surface area contributed by atoms with E-state index >= 15 is 0 Å². The van der Waals surface area contributed by atoms with Crippen molar-refractivity contribution in [2.75, 3.05) is 5.75 Å². The predicted molar refractivity (Wildman–Crippen MR) is 89.3 cm³/mol. The van der Waals surface area contributed by atoms with Crippen LogP contribution in [0.15, 0.2) is 34.3 Å². The molecule has 0 radical (unpaired) electrons. The summed E-state index contributed by atoms with van der Waals surface area (Å²) in [5.74, 6) is 0.535. The van der Waals surface area contributed by atoms with Crippen LogP contribution < -0.4 is 0 Å². The minimum Gasteiger partial charge on any atom is -0.411 e. The highest BCUT2D eigenvalue weighted by Crippen LogP contribution is 2.33. The minimum absolute atomic E-state index is 0.532. The van der Waals surface area contributed by atoms with Crippen molar-refractivity contribution in [2.45, 2.75) is 18.7 Å². The van der Waals surface area contributed by atoms with Gasteiger partial charge in [0.05, 0.1) is 10.0 Å². The Balaban J connectivity index is 2.16. The molecule has 0 saturated carbocycles. The van der Waals surface area contributed by atoms with Crippen molar-refractivity contribution in [3.05, 3.63) is 49.6 Å². The molecule has 6 heteroatoms. The van der Waals surface area contributed by atoms with Crippen LogP contribution in [0.5, 0.6) is 0 Å². The molecule has 2 nitrogen and oxygen atoms in total. The summed E-state index contributed by atoms with van der Waals surface area (Å²) in [5.41, 5.74) is 3.71. The lowest BCUT2D eigenvalue weighted by molar-refractivity contribution is 0.319. The highest BCUT2D eigenvalue weighted by Gasteiger charge is 2.14. The lowest BCUT2D eigenvalue weighted by Gasteiger charge is -2.08. The summed E-state index contributed by atoms with van der Waals surface area (Å²) >= 11 is 14.9. The smallest absolute Gasteiger partial charge is 0.104 e. The summed E-state index contributed by atoms with van der Waals surface area (Å²) in [4.78, 5) is 1.17. The van der Waals surface area contributed by atoms with Gasteiger partial charge in [0.25, 0.3) is 0 Å². The van der Waals surface area contributed by atoms with Crippen LogP contribution in [0.1, 0.15) is 16.7 Å². The van der Waals surface area contributed by atoms with E-state index in [-0.39, 0.29) is 0 Å². The number of aryl methyl sites for hydroxylation is 1. The second-order valence-electron chi connectivity index (χ2n) is 4.27. The minimum atomic E-state index is 0.532. The number of hydrogen-bond acceptors (Lipinski definition) is 4. The molecule has 0 aliphatic rings. The Kier molecular flexibility index (Phi) is 5.38. The summed E-state index contributed by atoms with van der Waals surface area (Å²) in [6.07, 6.45) is 0. The molecular weight excluding hydrogens is 333 g/mol. The molecule has 0 bridgehead atoms. The zero-order valence-electron chi connectivity index (χ0n) is 11.0. The van der Waals surface area contributed by atoms with Gasteiger partial charge < -0.3 is 5.21 Å². The summed E-state index contributed by atoms with van der Waals surface area (Å²) in [6.45, 7) is 4.16. The summed E-state index contributed by atoms with van der Waals surface area (Å²) in [5, 5.41) is 12.6. The third kappa shape index (κ3) is 3.50. The maximum absolute atomic E-state index is 9.19. The van der Waals surface area contributed by atoms with Gasteiger partial charge in [0.15, 0.2) is 0 Å². The molecule has 0 aliphatic heterocycles. The zero-order valence-corrected chi connectivity index (χ0v) is 14.1. The van der Waals surface area contributed by atoms with E-state index in [0.717, 1.165) is 0 Å². The molecule has 0 amide bonds. The fourth-order valence-corrected chi connectivity index (χ4v) is 4.29. The molecule has 0 fully saturated rings. The number of halogens is 2. The molecule has 106 valence electrons. The van der Waals surface area contributed by atoms with E-state index in [1.807, 2.05) is 6.07 Å². The highest BCUT2D eigenvalue weighted by atomic mass is 35.5. The number of oxime groups is 1. The monoisotopic (exact) mass is 345 g/mol. The van der Waals surface area contributed by atoms with Gasteiger partial charge in [-0.25, -0.2) is 0 Å². The maximum Gasteiger partial charge on any atom is 0.104 e. The first-order valence-electron chi connectivity index (χ1n) is 5.88. The van der Waals surface area contributed by atoms with Gasteiger partial charge in [-0.2, -0.15) is 0 Å². The quantitative estimate of drug-likeness (QED) is 0.336. The molecule has 0 saturated heterocycles. The highest BCUT2D eigenvalue weighted by molar-refractivity contribution is 8.00. The van der Waals surface area contributed by atoms with Gasteiger partial charge in [0.2, 0.25) is 0 Å². The Labute approximate surface area is 136 Å². The van der Waals surface area contributed by atoms with Gasteiger partial charge >= 0.3 is 0 Å². The Morgan fingerprint density at radius 1 is 1.35 bits per heavy atom. The average Bonchev–Trinajstić information content (AvgIpc) is 2.74. The van der Waals surface area contributed by atoms with Gasteiger partial charge in [-0.3, -0.25) is 0 Å². The molecule has 1 heterocycles. The second-order valence-corrected chi connectivity index (χ2v) is 7.57. The van der Waals surface area contributed by atoms with Crippen LogP contribution in [0, 0.1) is 13.8 Å². The number of thiophene rings is 1. The number of thioether (sulfide) groups is 1. The molecule has 0 atom stereocenters. The standard InChI is InChI=1S/C14H13Cl2NOS2/c1-8-4-3-5-12(9(8)2)19-7-11(17-18)10-6-13(15)20-14(10)16/h3-6,18H,7H2,1-2H3/b17-11-. The molecule has 1 aromatic carbocycles. The number of hydrogen-bond donors (Lipinski definition) is 1. The first-order valence-corrected chi connectivity index (χ1v) is 8.44. The topological polar surface area (TPSA) is 32.6 Å². The van der Waals surface area contributed by atoms with Gasteiger partial charge in [0.1, 0.15) is 4.34 Å². The Morgan fingerprint density at radius 3 is 2.70 bits per heavy atom. The molecule has 0 aliphatic carbocycles. The zero-order chi connectivity index (χ0) is 14.7. The molecule has 0 unspecified atom stereocenters. The van der Waals surface area contributed by atoms with Crippen molar-refractivity contribution in [2.24, 2.45) is 5.16 Å². The lowest BCUT2D eigenvalue weighted by Crippen LogP contribution is -2.04. The third-order valence-electron chi connectivity index (χ3n) is 3.01. The molecule has 1 aromatic heterocycles. The SMILES string of the molecule is Cc1cccc(SC/C(=N/O)c2cc(Cl)sc2Cl)c1C. The molecule has 1 N–H and O–H groups in total. The summed E-state index contributed by atoms with van der Waals surface area (Å²) < 4.78 is 1.13. The molecule has 2 rings (SSSR count). The van der Waals surface area contributed by atoms with Crippen molar-refractivity contribution in [3.8, 4) is 0 Å². The third-order valence-corrected chi connectivity index (χ3v) is 5.67. The van der Waals surface area contributed by atoms with Crippen LogP contribution in [0.25, 0.3) is 0 Å². The van der Waals surface area contributed by atoms with E-state index in [1.54, 1.807) is 17.8 Å². The fraction of sp³-hybridized carbons (Fsp3) is 0.214. The first kappa shape index (κ1) is 15.7. The molecule has 2 aromatic rings. The van der Waals surface area contributed by atoms with Crippen LogP contribution in [0.4, 0.5) is 0 Å². The predicted octanol–water partition coefficient (Wildman–Crippen LogP) is 5.64. The summed E-state index contributed by atoms with van der Waals surface area (Å²) in [6, 6.07) is 7.89. The normalized spacial score (nSPS) is 11.9. The van der Waals surface area contributed by atoms with Crippen LogP contribution in [-0.2, 0) is 0 Å². The summed E-state index contributed by atoms with van der Waals surface area (Å²) in [7, 11) is 0. The van der Waals surface area contributed by atoms with E-state index in [9.17, 15) is 5.21 Å². The lowest BCUT2D eigenvalue weighted by atomic mass is 10.1. The maximum atomic E-state index is 9.19. The number of rotatable bonds is 4. The van der Waals surface area contributed by atoms with E-state index in [2.05, 4.69) is 31.1 Å². The number of benzene rings is 1. The Bertz CT molecular complexity index is 653. The van der Waals surface area contributed by atoms with Crippen molar-refractivity contribution < 1.29 is 5.21 Å². The largest absolute Gasteiger partial charge is 0.411 e. The Hall–Kier alpha value is -0.680. The van der Waals surface area contributed by atoms with Crippen LogP contribution in [0.2, 0.25) is 8.67 Å². The van der Waals surface area contributed by atoms with Gasteiger partial charge in [-0.1, -0.05) is 40.5 Å². The second kappa shape index (κ2) is 6.85. The van der Waals surface area contributed by atoms with E-state index in [4.69, 9.17) is 23.2 Å². The van der Waals surface area contributed by atoms with Crippen molar-refractivity contribution in [1.29, 1.82) is 0 Å². The molecule has 0 spiro atoms. The molecular formula is C14H13Cl2NOS2. The van der Waals surface area contributed by atoms with E-state index in [1.165, 1.54) is 27.4 Å². The fourth-order valence-electron chi connectivity index (χ4n) is 1.72. The average molecular weight is 346 g/mol. The van der Waals surface area contributed by atoms with Gasteiger partial charge in [-0.15, -0.1) is 23.1 Å². The van der Waals surface area contributed by atoms with Crippen LogP contribution in [-0.4, -0.2) is 16.7 Å². The van der Waals surface area contributed by atoms with Crippen molar-refractivity contribution >= 4 is 52.0 Å². The van der Waals surface area contributed by atoms with Gasteiger partial charge in [0, 0.05) is 16.2 Å². The van der Waals surface area contributed by atoms with Crippen molar-refractivity contribution in [3.63, 3.8) is 0 Å². The van der Waals surface area contributed by atoms with Gasteiger partial charge in [-0.05, 0) is 37.1 Å². The molecule has 20 heavy (non-hydrogen) atoms.